The molecule has 0 aliphatic heterocycles. The molecular weight excluding hydrogens is 380 g/mol. The molecule has 0 spiro atoms. The minimum atomic E-state index is -0.683. The standard InChI is InChI=1S/C23H24N4O3/c1-3-15(2)21(25-22(29)16-8-5-4-6-9-16)23(30)24-18-11-7-10-17(14-18)19-12-13-20(28)27-26-19/h4-15,21H,3H2,1-2H3,(H,24,30)(H,25,29)(H,27,28). The third-order valence-electron chi connectivity index (χ3n) is 4.92. The summed E-state index contributed by atoms with van der Waals surface area (Å²) >= 11 is 0. The van der Waals surface area contributed by atoms with Crippen LogP contribution in [0.15, 0.2) is 71.5 Å². The number of aromatic nitrogens is 2. The zero-order valence-corrected chi connectivity index (χ0v) is 16.9. The van der Waals surface area contributed by atoms with E-state index < -0.39 is 6.04 Å². The van der Waals surface area contributed by atoms with E-state index in [9.17, 15) is 14.4 Å². The molecule has 3 aromatic rings. The molecule has 2 aromatic carbocycles. The van der Waals surface area contributed by atoms with Crippen molar-refractivity contribution in [3.8, 4) is 11.3 Å². The van der Waals surface area contributed by atoms with Gasteiger partial charge in [0.1, 0.15) is 6.04 Å². The predicted molar refractivity (Wildman–Crippen MR) is 116 cm³/mol. The summed E-state index contributed by atoms with van der Waals surface area (Å²) in [6.07, 6.45) is 0.731. The Morgan fingerprint density at radius 3 is 2.47 bits per heavy atom. The van der Waals surface area contributed by atoms with Crippen molar-refractivity contribution in [2.45, 2.75) is 26.3 Å². The van der Waals surface area contributed by atoms with Crippen LogP contribution in [0.1, 0.15) is 30.6 Å². The number of rotatable bonds is 7. The SMILES string of the molecule is CCC(C)C(NC(=O)c1ccccc1)C(=O)Nc1cccc(-c2ccc(=O)[nH]n2)c1. The fraction of sp³-hybridized carbons (Fsp3) is 0.217. The van der Waals surface area contributed by atoms with Gasteiger partial charge in [-0.25, -0.2) is 5.10 Å². The molecule has 0 aliphatic rings. The minimum absolute atomic E-state index is 0.0540. The first kappa shape index (κ1) is 21.0. The number of anilines is 1. The third-order valence-corrected chi connectivity index (χ3v) is 4.92. The van der Waals surface area contributed by atoms with E-state index in [1.54, 1.807) is 48.5 Å². The van der Waals surface area contributed by atoms with Crippen LogP contribution in [0.2, 0.25) is 0 Å². The fourth-order valence-electron chi connectivity index (χ4n) is 3.00. The van der Waals surface area contributed by atoms with Crippen LogP contribution in [0.3, 0.4) is 0 Å². The van der Waals surface area contributed by atoms with Crippen molar-refractivity contribution in [2.24, 2.45) is 5.92 Å². The first-order valence-corrected chi connectivity index (χ1v) is 9.81. The summed E-state index contributed by atoms with van der Waals surface area (Å²) in [7, 11) is 0. The molecular formula is C23H24N4O3. The van der Waals surface area contributed by atoms with E-state index in [1.807, 2.05) is 26.0 Å². The van der Waals surface area contributed by atoms with Gasteiger partial charge in [0.25, 0.3) is 11.5 Å². The molecule has 3 N–H and O–H groups in total. The largest absolute Gasteiger partial charge is 0.340 e. The predicted octanol–water partition coefficient (Wildman–Crippen LogP) is 3.22. The zero-order valence-electron chi connectivity index (χ0n) is 16.9. The van der Waals surface area contributed by atoms with E-state index in [4.69, 9.17) is 0 Å². The number of aromatic amines is 1. The molecule has 0 saturated heterocycles. The second kappa shape index (κ2) is 9.65. The number of amides is 2. The van der Waals surface area contributed by atoms with Crippen LogP contribution in [0.4, 0.5) is 5.69 Å². The van der Waals surface area contributed by atoms with Crippen molar-refractivity contribution < 1.29 is 9.59 Å². The van der Waals surface area contributed by atoms with Crippen LogP contribution in [0, 0.1) is 5.92 Å². The highest BCUT2D eigenvalue weighted by molar-refractivity contribution is 6.01. The van der Waals surface area contributed by atoms with Crippen molar-refractivity contribution in [1.29, 1.82) is 0 Å². The summed E-state index contributed by atoms with van der Waals surface area (Å²) in [5.74, 6) is -0.635. The Kier molecular flexibility index (Phi) is 6.75. The molecule has 0 bridgehead atoms. The molecule has 0 saturated carbocycles. The summed E-state index contributed by atoms with van der Waals surface area (Å²) in [6.45, 7) is 3.90. The van der Waals surface area contributed by atoms with Gasteiger partial charge in [-0.2, -0.15) is 5.10 Å². The van der Waals surface area contributed by atoms with E-state index >= 15 is 0 Å². The minimum Gasteiger partial charge on any atom is -0.340 e. The number of carbonyl (C=O) groups excluding carboxylic acids is 2. The van der Waals surface area contributed by atoms with Gasteiger partial charge in [-0.05, 0) is 36.2 Å². The number of nitrogens with one attached hydrogen (secondary N) is 3. The summed E-state index contributed by atoms with van der Waals surface area (Å²) < 4.78 is 0. The van der Waals surface area contributed by atoms with Crippen LogP contribution >= 0.6 is 0 Å². The summed E-state index contributed by atoms with van der Waals surface area (Å²) in [5, 5.41) is 12.1. The van der Waals surface area contributed by atoms with Gasteiger partial charge in [0, 0.05) is 22.9 Å². The Morgan fingerprint density at radius 2 is 1.80 bits per heavy atom. The number of carbonyl (C=O) groups is 2. The quantitative estimate of drug-likeness (QED) is 0.562. The Morgan fingerprint density at radius 1 is 1.03 bits per heavy atom. The topological polar surface area (TPSA) is 104 Å². The molecule has 0 radical (unpaired) electrons. The smallest absolute Gasteiger partial charge is 0.264 e. The molecule has 7 nitrogen and oxygen atoms in total. The monoisotopic (exact) mass is 404 g/mol. The molecule has 154 valence electrons. The van der Waals surface area contributed by atoms with E-state index in [0.29, 0.717) is 16.9 Å². The van der Waals surface area contributed by atoms with E-state index in [1.165, 1.54) is 6.07 Å². The van der Waals surface area contributed by atoms with Crippen LogP contribution < -0.4 is 16.2 Å². The van der Waals surface area contributed by atoms with Gasteiger partial charge in [-0.3, -0.25) is 14.4 Å². The number of nitrogens with zero attached hydrogens (tertiary/aromatic N) is 1. The Hall–Kier alpha value is -3.74. The molecule has 1 aromatic heterocycles. The summed E-state index contributed by atoms with van der Waals surface area (Å²) in [6, 6.07) is 18.3. The zero-order chi connectivity index (χ0) is 21.5. The lowest BCUT2D eigenvalue weighted by molar-refractivity contribution is -0.119. The van der Waals surface area contributed by atoms with Gasteiger partial charge in [0.05, 0.1) is 5.69 Å². The van der Waals surface area contributed by atoms with Crippen LogP contribution in [-0.2, 0) is 4.79 Å². The van der Waals surface area contributed by atoms with Crippen molar-refractivity contribution in [2.75, 3.05) is 5.32 Å². The normalized spacial score (nSPS) is 12.6. The molecule has 2 amide bonds. The second-order valence-corrected chi connectivity index (χ2v) is 7.08. The number of hydrogen-bond acceptors (Lipinski definition) is 4. The number of benzene rings is 2. The highest BCUT2D eigenvalue weighted by atomic mass is 16.2. The van der Waals surface area contributed by atoms with Crippen molar-refractivity contribution >= 4 is 17.5 Å². The highest BCUT2D eigenvalue weighted by Gasteiger charge is 2.26. The molecule has 0 fully saturated rings. The molecule has 30 heavy (non-hydrogen) atoms. The lowest BCUT2D eigenvalue weighted by Gasteiger charge is -2.23. The van der Waals surface area contributed by atoms with Crippen LogP contribution in [0.5, 0.6) is 0 Å². The van der Waals surface area contributed by atoms with E-state index in [2.05, 4.69) is 20.8 Å². The van der Waals surface area contributed by atoms with Gasteiger partial charge in [0.2, 0.25) is 5.91 Å². The van der Waals surface area contributed by atoms with Crippen LogP contribution in [0.25, 0.3) is 11.3 Å². The van der Waals surface area contributed by atoms with Crippen molar-refractivity contribution in [3.63, 3.8) is 0 Å². The maximum atomic E-state index is 13.0. The lowest BCUT2D eigenvalue weighted by Crippen LogP contribution is -2.47. The lowest BCUT2D eigenvalue weighted by atomic mass is 9.97. The average molecular weight is 404 g/mol. The first-order valence-electron chi connectivity index (χ1n) is 9.81. The highest BCUT2D eigenvalue weighted by Crippen LogP contribution is 2.20. The average Bonchev–Trinajstić information content (AvgIpc) is 2.78. The van der Waals surface area contributed by atoms with Crippen LogP contribution in [-0.4, -0.2) is 28.1 Å². The molecule has 1 heterocycles. The van der Waals surface area contributed by atoms with E-state index in [-0.39, 0.29) is 23.3 Å². The summed E-state index contributed by atoms with van der Waals surface area (Å²) in [5.41, 5.74) is 2.13. The second-order valence-electron chi connectivity index (χ2n) is 7.08. The number of hydrogen-bond donors (Lipinski definition) is 3. The Labute approximate surface area is 174 Å². The van der Waals surface area contributed by atoms with Crippen molar-refractivity contribution in [3.05, 3.63) is 82.6 Å². The fourth-order valence-corrected chi connectivity index (χ4v) is 3.00. The molecule has 2 unspecified atom stereocenters. The molecule has 2 atom stereocenters. The first-order chi connectivity index (χ1) is 14.5. The van der Waals surface area contributed by atoms with Gasteiger partial charge in [0.15, 0.2) is 0 Å². The molecule has 0 aliphatic carbocycles. The third kappa shape index (κ3) is 5.20. The Balaban J connectivity index is 1.77. The van der Waals surface area contributed by atoms with Crippen molar-refractivity contribution in [1.82, 2.24) is 15.5 Å². The number of H-pyrrole nitrogens is 1. The maximum Gasteiger partial charge on any atom is 0.264 e. The maximum absolute atomic E-state index is 13.0. The van der Waals surface area contributed by atoms with E-state index in [0.717, 1.165) is 12.0 Å². The molecule has 3 rings (SSSR count). The van der Waals surface area contributed by atoms with Gasteiger partial charge in [-0.15, -0.1) is 0 Å². The van der Waals surface area contributed by atoms with Gasteiger partial charge >= 0.3 is 0 Å². The van der Waals surface area contributed by atoms with Gasteiger partial charge in [-0.1, -0.05) is 50.6 Å². The van der Waals surface area contributed by atoms with Gasteiger partial charge < -0.3 is 10.6 Å². The molecule has 7 heteroatoms. The Bertz CT molecular complexity index is 1060. The summed E-state index contributed by atoms with van der Waals surface area (Å²) in [4.78, 5) is 36.8.